The Kier molecular flexibility index (Phi) is 8.27. The van der Waals surface area contributed by atoms with Crippen LogP contribution in [0, 0.1) is 0 Å². The number of imide groups is 1. The van der Waals surface area contributed by atoms with Crippen molar-refractivity contribution < 1.29 is 28.9 Å². The lowest BCUT2D eigenvalue weighted by Crippen LogP contribution is -2.36. The maximum atomic E-state index is 13.9. The number of amides is 2. The highest BCUT2D eigenvalue weighted by atomic mass is 79.9. The average molecular weight is 625 g/mol. The number of allylic oxidation sites excluding steroid dienone is 4. The maximum Gasteiger partial charge on any atom is 0.261 e. The largest absolute Gasteiger partial charge is 0.505 e. The summed E-state index contributed by atoms with van der Waals surface area (Å²) < 4.78 is 20.0. The van der Waals surface area contributed by atoms with Crippen molar-refractivity contribution in [3.63, 3.8) is 0 Å². The van der Waals surface area contributed by atoms with Crippen LogP contribution in [0.3, 0.4) is 0 Å². The summed E-state index contributed by atoms with van der Waals surface area (Å²) in [6.07, 6.45) is 5.18. The number of hydrogen-bond donors (Lipinski definition) is 3. The Morgan fingerprint density at radius 2 is 1.90 bits per heavy atom. The van der Waals surface area contributed by atoms with Gasteiger partial charge in [0.1, 0.15) is 17.8 Å². The summed E-state index contributed by atoms with van der Waals surface area (Å²) in [5.74, 6) is -1.27. The molecule has 2 atom stereocenters. The molecular weight excluding hydrogens is 599 g/mol. The van der Waals surface area contributed by atoms with E-state index in [4.69, 9.17) is 9.84 Å². The minimum absolute atomic E-state index is 0.0257. The fourth-order valence-electron chi connectivity index (χ4n) is 4.92. The van der Waals surface area contributed by atoms with Gasteiger partial charge >= 0.3 is 0 Å². The number of ether oxygens (including phenoxy) is 1. The van der Waals surface area contributed by atoms with Crippen molar-refractivity contribution in [3.05, 3.63) is 104 Å². The zero-order chi connectivity index (χ0) is 29.3. The number of aromatic hydroxyl groups is 1. The van der Waals surface area contributed by atoms with E-state index in [0.29, 0.717) is 33.1 Å². The van der Waals surface area contributed by atoms with Crippen molar-refractivity contribution in [2.24, 2.45) is 0 Å². The van der Waals surface area contributed by atoms with Crippen LogP contribution in [-0.4, -0.2) is 62.4 Å². The lowest BCUT2D eigenvalue weighted by molar-refractivity contribution is 0.0649. The van der Waals surface area contributed by atoms with Gasteiger partial charge in [0.05, 0.1) is 35.1 Å². The highest BCUT2D eigenvalue weighted by Crippen LogP contribution is 2.42. The standard InChI is InChI=1S/C29H26BrFN4O6/c1-2-16(6-5-9-31)14-17-15-33-22-23(21(17)30)34(29(40)20(24(22)37)25-26(41-25)32-10-13-36)11-12-35-27(38)18-7-3-4-8-19(18)28(35)39/h2-9,15,25-26,32,36-37H,1,10-14H2/b9-5+,16-6+/t25?,26-/m0/s1. The zero-order valence-electron chi connectivity index (χ0n) is 21.7. The highest BCUT2D eigenvalue weighted by molar-refractivity contribution is 9.10. The smallest absolute Gasteiger partial charge is 0.261 e. The van der Waals surface area contributed by atoms with Crippen LogP contribution >= 0.6 is 15.9 Å². The van der Waals surface area contributed by atoms with Crippen molar-refractivity contribution >= 4 is 38.8 Å². The Morgan fingerprint density at radius 3 is 2.54 bits per heavy atom. The van der Waals surface area contributed by atoms with Gasteiger partial charge in [0.2, 0.25) is 0 Å². The summed E-state index contributed by atoms with van der Waals surface area (Å²) in [5, 5.41) is 23.3. The van der Waals surface area contributed by atoms with E-state index in [1.165, 1.54) is 16.8 Å². The predicted molar refractivity (Wildman–Crippen MR) is 152 cm³/mol. The van der Waals surface area contributed by atoms with E-state index in [1.54, 1.807) is 36.4 Å². The van der Waals surface area contributed by atoms with Gasteiger partial charge in [-0.2, -0.15) is 0 Å². The maximum absolute atomic E-state index is 13.9. The molecule has 0 saturated carbocycles. The van der Waals surface area contributed by atoms with E-state index in [1.807, 2.05) is 0 Å². The number of rotatable bonds is 11. The number of benzene rings is 1. The number of aliphatic hydroxyl groups excluding tert-OH is 1. The molecule has 0 spiro atoms. The molecule has 41 heavy (non-hydrogen) atoms. The number of carbonyl (C=O) groups excluding carboxylic acids is 2. The SMILES string of the molecule is C=C/C(=C\C=C\F)Cc1cnc2c(O)c(C3O[C@@H]3NCCO)c(=O)n(CCN3C(=O)c4ccccc4C3=O)c2c1Br. The summed E-state index contributed by atoms with van der Waals surface area (Å²) in [7, 11) is 0. The van der Waals surface area contributed by atoms with Gasteiger partial charge in [-0.3, -0.25) is 29.6 Å². The van der Waals surface area contributed by atoms with Gasteiger partial charge in [-0.1, -0.05) is 30.9 Å². The fraction of sp³-hybridized carbons (Fsp3) is 0.241. The number of epoxide rings is 1. The molecule has 1 aromatic carbocycles. The van der Waals surface area contributed by atoms with Crippen molar-refractivity contribution in [1.82, 2.24) is 19.8 Å². The Balaban J connectivity index is 1.59. The number of pyridine rings is 2. The number of carbonyl (C=O) groups is 2. The minimum atomic E-state index is -0.785. The van der Waals surface area contributed by atoms with Crippen molar-refractivity contribution in [3.8, 4) is 5.75 Å². The molecule has 12 heteroatoms. The zero-order valence-corrected chi connectivity index (χ0v) is 23.3. The van der Waals surface area contributed by atoms with E-state index >= 15 is 0 Å². The van der Waals surface area contributed by atoms with Crippen LogP contribution in [0.4, 0.5) is 4.39 Å². The van der Waals surface area contributed by atoms with Gasteiger partial charge < -0.3 is 19.5 Å². The highest BCUT2D eigenvalue weighted by Gasteiger charge is 2.45. The molecule has 212 valence electrons. The summed E-state index contributed by atoms with van der Waals surface area (Å²) >= 11 is 3.57. The van der Waals surface area contributed by atoms with Crippen LogP contribution < -0.4 is 10.9 Å². The topological polar surface area (TPSA) is 137 Å². The van der Waals surface area contributed by atoms with Gasteiger partial charge in [-0.05, 0) is 45.3 Å². The second-order valence-corrected chi connectivity index (χ2v) is 10.2. The molecule has 10 nitrogen and oxygen atoms in total. The van der Waals surface area contributed by atoms with Crippen LogP contribution in [0.2, 0.25) is 0 Å². The first-order chi connectivity index (χ1) is 19.8. The lowest BCUT2D eigenvalue weighted by Gasteiger charge is -2.19. The van der Waals surface area contributed by atoms with Crippen LogP contribution in [0.5, 0.6) is 5.75 Å². The first-order valence-electron chi connectivity index (χ1n) is 12.8. The Labute approximate surface area is 242 Å². The van der Waals surface area contributed by atoms with Gasteiger partial charge in [-0.25, -0.2) is 4.39 Å². The number of nitrogens with zero attached hydrogens (tertiary/aromatic N) is 3. The molecular formula is C29H26BrFN4O6. The van der Waals surface area contributed by atoms with Crippen LogP contribution in [0.15, 0.2) is 76.4 Å². The third-order valence-electron chi connectivity index (χ3n) is 6.99. The summed E-state index contributed by atoms with van der Waals surface area (Å²) in [5.41, 5.74) is 1.65. The van der Waals surface area contributed by atoms with Crippen LogP contribution in [0.1, 0.15) is 37.9 Å². The molecule has 0 radical (unpaired) electrons. The fourth-order valence-corrected chi connectivity index (χ4v) is 5.56. The third-order valence-corrected chi connectivity index (χ3v) is 7.87. The number of aliphatic hydroxyl groups is 1. The number of nitrogens with one attached hydrogen (secondary N) is 1. The third kappa shape index (κ3) is 5.26. The van der Waals surface area contributed by atoms with E-state index in [-0.39, 0.29) is 55.0 Å². The Hall–Kier alpha value is -3.97. The first kappa shape index (κ1) is 28.6. The second kappa shape index (κ2) is 11.9. The molecule has 1 saturated heterocycles. The van der Waals surface area contributed by atoms with E-state index in [9.17, 15) is 23.9 Å². The first-order valence-corrected chi connectivity index (χ1v) is 13.6. The molecule has 2 aromatic heterocycles. The Bertz CT molecular complexity index is 1650. The predicted octanol–water partition coefficient (Wildman–Crippen LogP) is 3.28. The molecule has 5 rings (SSSR count). The number of aromatic nitrogens is 2. The molecule has 3 N–H and O–H groups in total. The van der Waals surface area contributed by atoms with Gasteiger partial charge in [0.25, 0.3) is 17.4 Å². The van der Waals surface area contributed by atoms with Gasteiger partial charge in [0, 0.05) is 36.7 Å². The van der Waals surface area contributed by atoms with E-state index < -0.39 is 29.7 Å². The molecule has 1 unspecified atom stereocenters. The van der Waals surface area contributed by atoms with Gasteiger partial charge in [-0.15, -0.1) is 0 Å². The minimum Gasteiger partial charge on any atom is -0.505 e. The monoisotopic (exact) mass is 624 g/mol. The molecule has 0 bridgehead atoms. The lowest BCUT2D eigenvalue weighted by atomic mass is 10.0. The van der Waals surface area contributed by atoms with Crippen molar-refractivity contribution in [2.75, 3.05) is 19.7 Å². The molecule has 2 aliphatic heterocycles. The number of fused-ring (bicyclic) bond motifs is 2. The average Bonchev–Trinajstić information content (AvgIpc) is 3.70. The molecule has 0 aliphatic carbocycles. The van der Waals surface area contributed by atoms with E-state index in [2.05, 4.69) is 32.8 Å². The van der Waals surface area contributed by atoms with E-state index in [0.717, 1.165) is 4.90 Å². The van der Waals surface area contributed by atoms with Gasteiger partial charge in [0.15, 0.2) is 5.75 Å². The molecule has 4 heterocycles. The van der Waals surface area contributed by atoms with Crippen molar-refractivity contribution in [2.45, 2.75) is 25.3 Å². The molecule has 2 amide bonds. The molecule has 1 fully saturated rings. The molecule has 3 aromatic rings. The molecule has 2 aliphatic rings. The van der Waals surface area contributed by atoms with Crippen LogP contribution in [0.25, 0.3) is 11.0 Å². The quantitative estimate of drug-likeness (QED) is 0.168. The summed E-state index contributed by atoms with van der Waals surface area (Å²) in [6, 6.07) is 6.51. The van der Waals surface area contributed by atoms with Crippen molar-refractivity contribution in [1.29, 1.82) is 0 Å². The summed E-state index contributed by atoms with van der Waals surface area (Å²) in [4.78, 5) is 45.4. The van der Waals surface area contributed by atoms with Crippen LogP contribution in [-0.2, 0) is 17.7 Å². The number of halogens is 2. The Morgan fingerprint density at radius 1 is 1.20 bits per heavy atom. The summed E-state index contributed by atoms with van der Waals surface area (Å²) in [6.45, 7) is 3.65. The second-order valence-electron chi connectivity index (χ2n) is 9.42. The normalized spacial score (nSPS) is 18.5. The number of hydrogen-bond acceptors (Lipinski definition) is 8.